The molecule has 0 aliphatic carbocycles. The number of ketones is 2. The number of phosphoric ester groups is 1. The number of benzene rings is 1. The van der Waals surface area contributed by atoms with Gasteiger partial charge < -0.3 is 40.7 Å². The van der Waals surface area contributed by atoms with Crippen LogP contribution in [0.1, 0.15) is 78.0 Å². The Hall–Kier alpha value is -4.28. The van der Waals surface area contributed by atoms with E-state index in [4.69, 9.17) is 10.3 Å². The maximum absolute atomic E-state index is 14.1. The molecule has 1 aromatic heterocycles. The number of carbonyl (C=O) groups is 6. The summed E-state index contributed by atoms with van der Waals surface area (Å²) in [5.41, 5.74) is 5.09. The van der Waals surface area contributed by atoms with Gasteiger partial charge in [-0.3, -0.25) is 33.3 Å². The number of aromatic nitrogens is 2. The number of imidazole rings is 1. The van der Waals surface area contributed by atoms with Gasteiger partial charge in [-0.05, 0) is 44.6 Å². The first kappa shape index (κ1) is 44.1. The molecule has 0 saturated carbocycles. The average Bonchev–Trinajstić information content (AvgIpc) is 3.74. The molecule has 1 aliphatic heterocycles. The number of rotatable bonds is 21. The second-order valence-corrected chi connectivity index (χ2v) is 15.8. The standard InChI is InChI=1S/C36H53N6O11P/c1-22(2)14-28(39-35(49)30-12-9-13-42(30)23(3)44)31(45)16-25(15-26-18-38-21-41(26)19-24-10-7-6-8-11-24)34(48)40-29(20-43)32(46)17-27(33(37)47)36(4,5)53-54(50,51)52/h6-8,10-11,18,21-22,25,27-30,43H,9,12-17,19-20H2,1-5H3,(H2,37,47)(H,39,49)(H,40,48)(H2,50,51,52)/t25-,27-,28+,29+,30+/m1/s1. The van der Waals surface area contributed by atoms with Gasteiger partial charge in [-0.2, -0.15) is 0 Å². The predicted molar refractivity (Wildman–Crippen MR) is 195 cm³/mol. The quantitative estimate of drug-likeness (QED) is 0.0972. The molecule has 298 valence electrons. The molecule has 1 aromatic carbocycles. The van der Waals surface area contributed by atoms with Crippen LogP contribution in [-0.4, -0.2) is 101 Å². The number of nitrogens with zero attached hydrogens (tertiary/aromatic N) is 3. The second-order valence-electron chi connectivity index (χ2n) is 14.7. The highest BCUT2D eigenvalue weighted by atomic mass is 31.2. The van der Waals surface area contributed by atoms with Gasteiger partial charge in [0.25, 0.3) is 0 Å². The molecule has 1 saturated heterocycles. The number of carbonyl (C=O) groups excluding carboxylic acids is 6. The van der Waals surface area contributed by atoms with Crippen LogP contribution in [0.15, 0.2) is 42.9 Å². The van der Waals surface area contributed by atoms with Crippen LogP contribution in [0.3, 0.4) is 0 Å². The van der Waals surface area contributed by atoms with Crippen molar-refractivity contribution in [2.75, 3.05) is 13.2 Å². The van der Waals surface area contributed by atoms with Gasteiger partial charge in [0.05, 0.1) is 36.4 Å². The Balaban J connectivity index is 1.90. The van der Waals surface area contributed by atoms with E-state index in [0.29, 0.717) is 31.6 Å². The zero-order chi connectivity index (χ0) is 40.4. The fraction of sp³-hybridized carbons (Fsp3) is 0.583. The van der Waals surface area contributed by atoms with Gasteiger partial charge in [0.1, 0.15) is 12.1 Å². The molecule has 54 heavy (non-hydrogen) atoms. The first-order chi connectivity index (χ1) is 25.2. The van der Waals surface area contributed by atoms with E-state index in [9.17, 15) is 48.2 Å². The lowest BCUT2D eigenvalue weighted by Gasteiger charge is -2.32. The van der Waals surface area contributed by atoms with Crippen molar-refractivity contribution in [3.05, 3.63) is 54.1 Å². The zero-order valence-electron chi connectivity index (χ0n) is 31.3. The van der Waals surface area contributed by atoms with Gasteiger partial charge >= 0.3 is 7.82 Å². The van der Waals surface area contributed by atoms with Crippen molar-refractivity contribution >= 4 is 43.0 Å². The number of Topliss-reactive ketones (excluding diaryl/α,β-unsaturated/α-hetero) is 2. The van der Waals surface area contributed by atoms with Gasteiger partial charge in [0.15, 0.2) is 11.6 Å². The topological polar surface area (TPSA) is 261 Å². The molecule has 2 aromatic rings. The summed E-state index contributed by atoms with van der Waals surface area (Å²) in [7, 11) is -5.12. The van der Waals surface area contributed by atoms with E-state index in [2.05, 4.69) is 15.6 Å². The maximum atomic E-state index is 14.1. The Morgan fingerprint density at radius 2 is 1.69 bits per heavy atom. The number of amides is 4. The largest absolute Gasteiger partial charge is 0.470 e. The Morgan fingerprint density at radius 3 is 2.26 bits per heavy atom. The highest BCUT2D eigenvalue weighted by molar-refractivity contribution is 7.46. The Bertz CT molecular complexity index is 1690. The number of nitrogens with one attached hydrogen (secondary N) is 2. The van der Waals surface area contributed by atoms with Crippen LogP contribution in [0, 0.1) is 17.8 Å². The van der Waals surface area contributed by atoms with Crippen molar-refractivity contribution in [3.63, 3.8) is 0 Å². The van der Waals surface area contributed by atoms with Gasteiger partial charge in [-0.25, -0.2) is 9.55 Å². The van der Waals surface area contributed by atoms with Gasteiger partial charge in [-0.15, -0.1) is 0 Å². The number of phosphoric acid groups is 1. The molecule has 17 nitrogen and oxygen atoms in total. The summed E-state index contributed by atoms with van der Waals surface area (Å²) in [4.78, 5) is 104. The molecule has 0 bridgehead atoms. The first-order valence-corrected chi connectivity index (χ1v) is 19.4. The van der Waals surface area contributed by atoms with Crippen molar-refractivity contribution < 1.29 is 52.7 Å². The fourth-order valence-corrected chi connectivity index (χ4v) is 7.42. The fourth-order valence-electron chi connectivity index (χ4n) is 6.68. The summed E-state index contributed by atoms with van der Waals surface area (Å²) in [5, 5.41) is 15.5. The minimum absolute atomic E-state index is 0.0348. The molecule has 1 aliphatic rings. The summed E-state index contributed by atoms with van der Waals surface area (Å²) >= 11 is 0. The summed E-state index contributed by atoms with van der Waals surface area (Å²) in [6.45, 7) is 7.37. The molecule has 18 heteroatoms. The van der Waals surface area contributed by atoms with Crippen molar-refractivity contribution in [2.24, 2.45) is 23.5 Å². The van der Waals surface area contributed by atoms with Crippen molar-refractivity contribution in [1.29, 1.82) is 0 Å². The smallest absolute Gasteiger partial charge is 0.394 e. The number of nitrogens with two attached hydrogens (primary N) is 1. The third-order valence-corrected chi connectivity index (χ3v) is 10.2. The number of aliphatic hydroxyl groups is 1. The molecule has 5 atom stereocenters. The molecule has 2 heterocycles. The van der Waals surface area contributed by atoms with E-state index >= 15 is 0 Å². The van der Waals surface area contributed by atoms with E-state index in [1.807, 2.05) is 44.2 Å². The van der Waals surface area contributed by atoms with E-state index in [-0.39, 0.29) is 31.1 Å². The van der Waals surface area contributed by atoms with Crippen LogP contribution in [0.5, 0.6) is 0 Å². The number of hydrogen-bond acceptors (Lipinski definition) is 10. The van der Waals surface area contributed by atoms with Crippen LogP contribution in [0.4, 0.5) is 0 Å². The monoisotopic (exact) mass is 776 g/mol. The SMILES string of the molecule is CC(=O)N1CCC[C@H]1C(=O)N[C@@H](CC(C)C)C(=O)C[C@@H](Cc1cncn1Cc1ccccc1)C(=O)N[C@@H](CO)C(=O)C[C@H](C(N)=O)C(C)(C)OP(=O)(O)O. The molecular formula is C36H53N6O11P. The predicted octanol–water partition coefficient (Wildman–Crippen LogP) is 1.02. The minimum atomic E-state index is -5.12. The van der Waals surface area contributed by atoms with E-state index in [1.54, 1.807) is 17.1 Å². The average molecular weight is 777 g/mol. The number of primary amides is 1. The highest BCUT2D eigenvalue weighted by Gasteiger charge is 2.43. The summed E-state index contributed by atoms with van der Waals surface area (Å²) in [5.74, 6) is -6.71. The third kappa shape index (κ3) is 12.9. The third-order valence-electron chi connectivity index (χ3n) is 9.47. The van der Waals surface area contributed by atoms with Crippen molar-refractivity contribution in [2.45, 2.75) is 103 Å². The lowest BCUT2D eigenvalue weighted by molar-refractivity contribution is -0.139. The van der Waals surface area contributed by atoms with Crippen molar-refractivity contribution in [3.8, 4) is 0 Å². The normalized spacial score (nSPS) is 17.1. The zero-order valence-corrected chi connectivity index (χ0v) is 32.2. The lowest BCUT2D eigenvalue weighted by atomic mass is 9.84. The maximum Gasteiger partial charge on any atom is 0.470 e. The van der Waals surface area contributed by atoms with Crippen LogP contribution in [0.2, 0.25) is 0 Å². The number of aliphatic hydroxyl groups excluding tert-OH is 1. The van der Waals surface area contributed by atoms with E-state index in [0.717, 1.165) is 19.4 Å². The van der Waals surface area contributed by atoms with Crippen LogP contribution in [-0.2, 0) is 50.8 Å². The molecule has 7 N–H and O–H groups in total. The first-order valence-electron chi connectivity index (χ1n) is 17.8. The minimum Gasteiger partial charge on any atom is -0.394 e. The van der Waals surface area contributed by atoms with E-state index in [1.165, 1.54) is 11.8 Å². The second kappa shape index (κ2) is 19.4. The number of hydrogen-bond donors (Lipinski definition) is 6. The summed E-state index contributed by atoms with van der Waals surface area (Å²) < 4.78 is 18.1. The molecule has 4 amide bonds. The molecule has 1 fully saturated rings. The Labute approximate surface area is 314 Å². The van der Waals surface area contributed by atoms with Crippen molar-refractivity contribution in [1.82, 2.24) is 25.1 Å². The van der Waals surface area contributed by atoms with E-state index < -0.39 is 85.7 Å². The van der Waals surface area contributed by atoms with Crippen LogP contribution < -0.4 is 16.4 Å². The van der Waals surface area contributed by atoms with Gasteiger partial charge in [0.2, 0.25) is 23.6 Å². The number of likely N-dealkylation sites (tertiary alicyclic amines) is 1. The highest BCUT2D eigenvalue weighted by Crippen LogP contribution is 2.44. The van der Waals surface area contributed by atoms with Gasteiger partial charge in [0, 0.05) is 51.2 Å². The molecule has 0 spiro atoms. The van der Waals surface area contributed by atoms with Crippen LogP contribution >= 0.6 is 7.82 Å². The molecule has 0 radical (unpaired) electrons. The summed E-state index contributed by atoms with van der Waals surface area (Å²) in [6.07, 6.45) is 3.28. The molecular weight excluding hydrogens is 723 g/mol. The van der Waals surface area contributed by atoms with Gasteiger partial charge in [-0.1, -0.05) is 44.2 Å². The molecule has 0 unspecified atom stereocenters. The summed E-state index contributed by atoms with van der Waals surface area (Å²) in [6, 6.07) is 6.13. The molecule has 3 rings (SSSR count). The van der Waals surface area contributed by atoms with Crippen LogP contribution in [0.25, 0.3) is 0 Å². The Kier molecular flexibility index (Phi) is 15.8. The lowest BCUT2D eigenvalue weighted by Crippen LogP contribution is -2.52. The Morgan fingerprint density at radius 1 is 1.04 bits per heavy atom.